The summed E-state index contributed by atoms with van der Waals surface area (Å²) in [5.41, 5.74) is 2.63. The highest BCUT2D eigenvalue weighted by Crippen LogP contribution is 2.32. The summed E-state index contributed by atoms with van der Waals surface area (Å²) in [6.07, 6.45) is 4.82. The minimum absolute atomic E-state index is 0.575. The molecule has 0 bridgehead atoms. The monoisotopic (exact) mass is 160 g/mol. The summed E-state index contributed by atoms with van der Waals surface area (Å²) in [4.78, 5) is 8.50. The molecule has 1 aliphatic rings. The van der Waals surface area contributed by atoms with E-state index < -0.39 is 0 Å². The van der Waals surface area contributed by atoms with Gasteiger partial charge in [-0.25, -0.2) is 9.98 Å². The van der Waals surface area contributed by atoms with Crippen LogP contribution in [0, 0.1) is 6.92 Å². The van der Waals surface area contributed by atoms with Gasteiger partial charge in [-0.3, -0.25) is 0 Å². The van der Waals surface area contributed by atoms with Crippen molar-refractivity contribution < 1.29 is 0 Å². The minimum atomic E-state index is 0.575. The van der Waals surface area contributed by atoms with E-state index in [1.807, 2.05) is 12.4 Å². The fourth-order valence-electron chi connectivity index (χ4n) is 1.68. The Morgan fingerprint density at radius 1 is 1.50 bits per heavy atom. The molecular formula is C10H12N2. The molecule has 1 aliphatic heterocycles. The SMILES string of the molecule is Cc1ccnc2c1C(C)CC=N2. The standard InChI is InChI=1S/C10H12N2/c1-7-3-5-11-10-9(7)8(2)4-6-12-10/h3,5-6,8H,4H2,1-2H3. The van der Waals surface area contributed by atoms with E-state index in [0.29, 0.717) is 5.92 Å². The van der Waals surface area contributed by atoms with Crippen LogP contribution in [-0.2, 0) is 0 Å². The molecule has 0 amide bonds. The van der Waals surface area contributed by atoms with E-state index in [9.17, 15) is 0 Å². The Hall–Kier alpha value is -1.18. The summed E-state index contributed by atoms with van der Waals surface area (Å²) in [5, 5.41) is 0. The molecule has 2 heteroatoms. The molecule has 1 unspecified atom stereocenters. The Morgan fingerprint density at radius 3 is 3.08 bits per heavy atom. The topological polar surface area (TPSA) is 25.2 Å². The van der Waals surface area contributed by atoms with Crippen LogP contribution < -0.4 is 0 Å². The van der Waals surface area contributed by atoms with Crippen molar-refractivity contribution in [2.75, 3.05) is 0 Å². The molecule has 1 aromatic rings. The Labute approximate surface area is 72.4 Å². The highest BCUT2D eigenvalue weighted by molar-refractivity contribution is 5.69. The molecule has 0 aliphatic carbocycles. The first-order valence-electron chi connectivity index (χ1n) is 4.27. The number of aliphatic imine (C=N–C) groups is 1. The minimum Gasteiger partial charge on any atom is -0.241 e. The number of hydrogen-bond donors (Lipinski definition) is 0. The average molecular weight is 160 g/mol. The third kappa shape index (κ3) is 1.04. The average Bonchev–Trinajstić information content (AvgIpc) is 2.04. The molecule has 0 aromatic carbocycles. The molecule has 0 saturated carbocycles. The Balaban J connectivity index is 2.62. The smallest absolute Gasteiger partial charge is 0.155 e. The van der Waals surface area contributed by atoms with Crippen LogP contribution in [0.25, 0.3) is 0 Å². The Kier molecular flexibility index (Phi) is 1.68. The van der Waals surface area contributed by atoms with Crippen molar-refractivity contribution in [3.63, 3.8) is 0 Å². The van der Waals surface area contributed by atoms with Gasteiger partial charge in [-0.2, -0.15) is 0 Å². The maximum absolute atomic E-state index is 4.27. The molecule has 2 heterocycles. The van der Waals surface area contributed by atoms with E-state index in [1.54, 1.807) is 0 Å². The first-order chi connectivity index (χ1) is 5.79. The van der Waals surface area contributed by atoms with Crippen molar-refractivity contribution >= 4 is 12.0 Å². The van der Waals surface area contributed by atoms with E-state index >= 15 is 0 Å². The van der Waals surface area contributed by atoms with E-state index in [2.05, 4.69) is 29.9 Å². The lowest BCUT2D eigenvalue weighted by molar-refractivity contribution is 0.786. The van der Waals surface area contributed by atoms with E-state index in [0.717, 1.165) is 12.2 Å². The molecule has 0 saturated heterocycles. The lowest BCUT2D eigenvalue weighted by Gasteiger charge is -2.17. The first-order valence-corrected chi connectivity index (χ1v) is 4.27. The fourth-order valence-corrected chi connectivity index (χ4v) is 1.68. The van der Waals surface area contributed by atoms with Crippen LogP contribution in [0.4, 0.5) is 5.82 Å². The summed E-state index contributed by atoms with van der Waals surface area (Å²) in [6.45, 7) is 4.34. The molecule has 2 rings (SSSR count). The molecule has 0 fully saturated rings. The van der Waals surface area contributed by atoms with Gasteiger partial charge < -0.3 is 0 Å². The fraction of sp³-hybridized carbons (Fsp3) is 0.400. The Bertz CT molecular complexity index is 329. The van der Waals surface area contributed by atoms with Crippen LogP contribution in [0.2, 0.25) is 0 Å². The van der Waals surface area contributed by atoms with Crippen molar-refractivity contribution in [3.8, 4) is 0 Å². The van der Waals surface area contributed by atoms with Crippen LogP contribution in [0.1, 0.15) is 30.4 Å². The second-order valence-corrected chi connectivity index (χ2v) is 3.31. The number of rotatable bonds is 0. The third-order valence-electron chi connectivity index (χ3n) is 2.35. The summed E-state index contributed by atoms with van der Waals surface area (Å²) < 4.78 is 0. The number of fused-ring (bicyclic) bond motifs is 1. The summed E-state index contributed by atoms with van der Waals surface area (Å²) in [6, 6.07) is 2.05. The molecule has 62 valence electrons. The zero-order valence-electron chi connectivity index (χ0n) is 7.41. The first kappa shape index (κ1) is 7.47. The molecular weight excluding hydrogens is 148 g/mol. The van der Waals surface area contributed by atoms with Crippen LogP contribution >= 0.6 is 0 Å². The predicted molar refractivity (Wildman–Crippen MR) is 50.2 cm³/mol. The predicted octanol–water partition coefficient (Wildman–Crippen LogP) is 2.60. The molecule has 2 nitrogen and oxygen atoms in total. The second-order valence-electron chi connectivity index (χ2n) is 3.31. The second kappa shape index (κ2) is 2.70. The van der Waals surface area contributed by atoms with Crippen molar-refractivity contribution in [1.82, 2.24) is 4.98 Å². The number of pyridine rings is 1. The third-order valence-corrected chi connectivity index (χ3v) is 2.35. The van der Waals surface area contributed by atoms with E-state index in [-0.39, 0.29) is 0 Å². The van der Waals surface area contributed by atoms with Crippen molar-refractivity contribution in [3.05, 3.63) is 23.4 Å². The molecule has 0 spiro atoms. The van der Waals surface area contributed by atoms with Gasteiger partial charge in [-0.15, -0.1) is 0 Å². The normalized spacial score (nSPS) is 20.7. The quantitative estimate of drug-likeness (QED) is 0.572. The number of aromatic nitrogens is 1. The molecule has 0 N–H and O–H groups in total. The zero-order chi connectivity index (χ0) is 8.55. The van der Waals surface area contributed by atoms with E-state index in [4.69, 9.17) is 0 Å². The van der Waals surface area contributed by atoms with Crippen molar-refractivity contribution in [2.45, 2.75) is 26.2 Å². The van der Waals surface area contributed by atoms with Crippen molar-refractivity contribution in [1.29, 1.82) is 0 Å². The summed E-state index contributed by atoms with van der Waals surface area (Å²) >= 11 is 0. The van der Waals surface area contributed by atoms with Gasteiger partial charge in [-0.1, -0.05) is 6.92 Å². The number of nitrogens with zero attached hydrogens (tertiary/aromatic N) is 2. The maximum Gasteiger partial charge on any atom is 0.155 e. The van der Waals surface area contributed by atoms with Crippen LogP contribution in [0.3, 0.4) is 0 Å². The van der Waals surface area contributed by atoms with Gasteiger partial charge in [0, 0.05) is 18.0 Å². The highest BCUT2D eigenvalue weighted by atomic mass is 14.9. The largest absolute Gasteiger partial charge is 0.241 e. The van der Waals surface area contributed by atoms with Gasteiger partial charge >= 0.3 is 0 Å². The zero-order valence-corrected chi connectivity index (χ0v) is 7.41. The Morgan fingerprint density at radius 2 is 2.33 bits per heavy atom. The lowest BCUT2D eigenvalue weighted by atomic mass is 9.93. The van der Waals surface area contributed by atoms with Crippen LogP contribution in [0.5, 0.6) is 0 Å². The van der Waals surface area contributed by atoms with Gasteiger partial charge in [0.15, 0.2) is 5.82 Å². The molecule has 0 radical (unpaired) electrons. The summed E-state index contributed by atoms with van der Waals surface area (Å²) in [5.74, 6) is 1.49. The van der Waals surface area contributed by atoms with Crippen LogP contribution in [0.15, 0.2) is 17.3 Å². The number of aryl methyl sites for hydroxylation is 1. The number of hydrogen-bond acceptors (Lipinski definition) is 2. The van der Waals surface area contributed by atoms with Gasteiger partial charge in [-0.05, 0) is 30.9 Å². The van der Waals surface area contributed by atoms with Gasteiger partial charge in [0.1, 0.15) is 0 Å². The van der Waals surface area contributed by atoms with Crippen LogP contribution in [-0.4, -0.2) is 11.2 Å². The summed E-state index contributed by atoms with van der Waals surface area (Å²) in [7, 11) is 0. The molecule has 1 aromatic heterocycles. The van der Waals surface area contributed by atoms with Gasteiger partial charge in [0.25, 0.3) is 0 Å². The van der Waals surface area contributed by atoms with Gasteiger partial charge in [0.05, 0.1) is 0 Å². The van der Waals surface area contributed by atoms with Gasteiger partial charge in [0.2, 0.25) is 0 Å². The van der Waals surface area contributed by atoms with E-state index in [1.165, 1.54) is 11.1 Å². The maximum atomic E-state index is 4.27. The highest BCUT2D eigenvalue weighted by Gasteiger charge is 2.15. The lowest BCUT2D eigenvalue weighted by Crippen LogP contribution is -2.03. The molecule has 1 atom stereocenters. The van der Waals surface area contributed by atoms with Crippen molar-refractivity contribution in [2.24, 2.45) is 4.99 Å². The molecule has 12 heavy (non-hydrogen) atoms.